The van der Waals surface area contributed by atoms with Crippen molar-refractivity contribution >= 4 is 5.91 Å². The number of amides is 1. The summed E-state index contributed by atoms with van der Waals surface area (Å²) in [6, 6.07) is -0.224. The first-order valence-corrected chi connectivity index (χ1v) is 11.5. The predicted molar refractivity (Wildman–Crippen MR) is 113 cm³/mol. The van der Waals surface area contributed by atoms with Gasteiger partial charge in [0.1, 0.15) is 0 Å². The number of aliphatic hydroxyl groups is 1. The van der Waals surface area contributed by atoms with Crippen molar-refractivity contribution in [2.45, 2.75) is 77.4 Å². The van der Waals surface area contributed by atoms with Crippen molar-refractivity contribution in [1.82, 2.24) is 10.2 Å². The van der Waals surface area contributed by atoms with Gasteiger partial charge < -0.3 is 20.9 Å². The van der Waals surface area contributed by atoms with Crippen LogP contribution in [0.1, 0.15) is 65.2 Å². The summed E-state index contributed by atoms with van der Waals surface area (Å²) in [6.07, 6.45) is 8.05. The molecule has 4 N–H and O–H groups in total. The second kappa shape index (κ2) is 12.8. The number of nitrogens with two attached hydrogens (primary N) is 1. The van der Waals surface area contributed by atoms with Crippen LogP contribution in [0.25, 0.3) is 0 Å². The molecule has 2 rings (SSSR count). The molecule has 1 aliphatic carbocycles. The minimum Gasteiger partial charge on any atom is -0.391 e. The molecule has 0 aromatic heterocycles. The summed E-state index contributed by atoms with van der Waals surface area (Å²) in [7, 11) is 0. The van der Waals surface area contributed by atoms with Gasteiger partial charge in [-0.25, -0.2) is 0 Å². The summed E-state index contributed by atoms with van der Waals surface area (Å²) in [5.41, 5.74) is 6.30. The molecule has 0 aromatic carbocycles. The van der Waals surface area contributed by atoms with Crippen LogP contribution < -0.4 is 11.1 Å². The molecule has 0 spiro atoms. The molecule has 6 heteroatoms. The molecule has 28 heavy (non-hydrogen) atoms. The number of morpholine rings is 1. The zero-order valence-corrected chi connectivity index (χ0v) is 18.1. The predicted octanol–water partition coefficient (Wildman–Crippen LogP) is 2.15. The molecule has 2 fully saturated rings. The third-order valence-corrected chi connectivity index (χ3v) is 6.52. The van der Waals surface area contributed by atoms with E-state index in [1.165, 1.54) is 32.1 Å². The molecule has 0 radical (unpaired) electrons. The summed E-state index contributed by atoms with van der Waals surface area (Å²) < 4.78 is 5.36. The van der Waals surface area contributed by atoms with Gasteiger partial charge in [-0.15, -0.1) is 0 Å². The molecule has 1 aliphatic heterocycles. The van der Waals surface area contributed by atoms with Crippen molar-refractivity contribution in [2.75, 3.05) is 39.4 Å². The molecule has 0 unspecified atom stereocenters. The van der Waals surface area contributed by atoms with Crippen LogP contribution in [0, 0.1) is 17.8 Å². The number of aliphatic hydroxyl groups excluding tert-OH is 1. The molecular formula is C22H43N3O3. The normalized spacial score (nSPS) is 22.8. The highest BCUT2D eigenvalue weighted by Crippen LogP contribution is 2.28. The third kappa shape index (κ3) is 8.36. The molecule has 164 valence electrons. The van der Waals surface area contributed by atoms with Crippen LogP contribution in [0.5, 0.6) is 0 Å². The Morgan fingerprint density at radius 1 is 1.21 bits per heavy atom. The van der Waals surface area contributed by atoms with E-state index in [1.54, 1.807) is 0 Å². The SMILES string of the molecule is CC(C)[C@H](C[C@H](O)[C@@H](N)CC1CCCCC1)C(=O)NCCCN1CCOCC1. The fourth-order valence-electron chi connectivity index (χ4n) is 4.55. The van der Waals surface area contributed by atoms with E-state index in [4.69, 9.17) is 10.5 Å². The second-order valence-electron chi connectivity index (χ2n) is 9.16. The highest BCUT2D eigenvalue weighted by atomic mass is 16.5. The van der Waals surface area contributed by atoms with Gasteiger partial charge >= 0.3 is 0 Å². The van der Waals surface area contributed by atoms with E-state index in [1.807, 2.05) is 0 Å². The van der Waals surface area contributed by atoms with Gasteiger partial charge in [-0.05, 0) is 37.6 Å². The summed E-state index contributed by atoms with van der Waals surface area (Å²) in [4.78, 5) is 15.1. The van der Waals surface area contributed by atoms with Crippen molar-refractivity contribution in [3.63, 3.8) is 0 Å². The fourth-order valence-corrected chi connectivity index (χ4v) is 4.55. The van der Waals surface area contributed by atoms with Gasteiger partial charge in [0, 0.05) is 31.6 Å². The monoisotopic (exact) mass is 397 g/mol. The van der Waals surface area contributed by atoms with Crippen molar-refractivity contribution < 1.29 is 14.6 Å². The highest BCUT2D eigenvalue weighted by Gasteiger charge is 2.29. The van der Waals surface area contributed by atoms with E-state index in [0.29, 0.717) is 18.9 Å². The number of carbonyl (C=O) groups excluding carboxylic acids is 1. The Hall–Kier alpha value is -0.690. The molecule has 1 heterocycles. The maximum absolute atomic E-state index is 12.7. The Labute approximate surface area is 171 Å². The Morgan fingerprint density at radius 2 is 1.89 bits per heavy atom. The lowest BCUT2D eigenvalue weighted by Gasteiger charge is -2.30. The lowest BCUT2D eigenvalue weighted by molar-refractivity contribution is -0.127. The fraction of sp³-hybridized carbons (Fsp3) is 0.955. The quantitative estimate of drug-likeness (QED) is 0.465. The van der Waals surface area contributed by atoms with E-state index >= 15 is 0 Å². The largest absolute Gasteiger partial charge is 0.391 e. The number of nitrogens with one attached hydrogen (secondary N) is 1. The van der Waals surface area contributed by atoms with E-state index in [9.17, 15) is 9.90 Å². The zero-order valence-electron chi connectivity index (χ0n) is 18.1. The maximum Gasteiger partial charge on any atom is 0.223 e. The number of rotatable bonds is 11. The number of hydrogen-bond acceptors (Lipinski definition) is 5. The number of nitrogens with zero attached hydrogens (tertiary/aromatic N) is 1. The molecule has 0 bridgehead atoms. The standard InChI is InChI=1S/C22H43N3O3/c1-17(2)19(16-21(26)20(23)15-18-7-4-3-5-8-18)22(27)24-9-6-10-25-11-13-28-14-12-25/h17-21,26H,3-16,23H2,1-2H3,(H,24,27)/t19-,20-,21-/m0/s1. The molecule has 3 atom stereocenters. The van der Waals surface area contributed by atoms with Crippen LogP contribution in [-0.4, -0.2) is 67.5 Å². The average Bonchev–Trinajstić information content (AvgIpc) is 2.70. The highest BCUT2D eigenvalue weighted by molar-refractivity contribution is 5.78. The van der Waals surface area contributed by atoms with Gasteiger partial charge in [-0.2, -0.15) is 0 Å². The maximum atomic E-state index is 12.7. The van der Waals surface area contributed by atoms with Crippen molar-refractivity contribution in [2.24, 2.45) is 23.5 Å². The molecule has 6 nitrogen and oxygen atoms in total. The lowest BCUT2D eigenvalue weighted by Crippen LogP contribution is -2.43. The summed E-state index contributed by atoms with van der Waals surface area (Å²) in [5.74, 6) is 0.706. The first-order valence-electron chi connectivity index (χ1n) is 11.5. The molecule has 0 aromatic rings. The van der Waals surface area contributed by atoms with Crippen LogP contribution in [0.2, 0.25) is 0 Å². The number of hydrogen-bond donors (Lipinski definition) is 3. The molecular weight excluding hydrogens is 354 g/mol. The number of ether oxygens (including phenoxy) is 1. The molecule has 1 saturated heterocycles. The van der Waals surface area contributed by atoms with E-state index < -0.39 is 6.10 Å². The van der Waals surface area contributed by atoms with Crippen molar-refractivity contribution in [3.8, 4) is 0 Å². The van der Waals surface area contributed by atoms with Gasteiger partial charge in [0.25, 0.3) is 0 Å². The Bertz CT molecular complexity index is 435. The van der Waals surface area contributed by atoms with Gasteiger partial charge in [-0.1, -0.05) is 46.0 Å². The minimum absolute atomic E-state index is 0.0564. The lowest BCUT2D eigenvalue weighted by atomic mass is 9.81. The summed E-state index contributed by atoms with van der Waals surface area (Å²) in [6.45, 7) is 9.35. The first kappa shape index (κ1) is 23.6. The third-order valence-electron chi connectivity index (χ3n) is 6.52. The first-order chi connectivity index (χ1) is 13.5. The summed E-state index contributed by atoms with van der Waals surface area (Å²) in [5, 5.41) is 13.7. The van der Waals surface area contributed by atoms with Crippen LogP contribution in [0.4, 0.5) is 0 Å². The Kier molecular flexibility index (Phi) is 10.8. The molecule has 1 amide bonds. The minimum atomic E-state index is -0.603. The van der Waals surface area contributed by atoms with Crippen LogP contribution >= 0.6 is 0 Å². The van der Waals surface area contributed by atoms with Crippen LogP contribution in [0.15, 0.2) is 0 Å². The van der Waals surface area contributed by atoms with Gasteiger partial charge in [0.15, 0.2) is 0 Å². The molecule has 2 aliphatic rings. The van der Waals surface area contributed by atoms with Crippen LogP contribution in [0.3, 0.4) is 0 Å². The topological polar surface area (TPSA) is 87.8 Å². The smallest absolute Gasteiger partial charge is 0.223 e. The van der Waals surface area contributed by atoms with Gasteiger partial charge in [-0.3, -0.25) is 9.69 Å². The van der Waals surface area contributed by atoms with E-state index in [2.05, 4.69) is 24.1 Å². The van der Waals surface area contributed by atoms with Gasteiger partial charge in [0.2, 0.25) is 5.91 Å². The van der Waals surface area contributed by atoms with E-state index in [0.717, 1.165) is 45.7 Å². The molecule has 1 saturated carbocycles. The Balaban J connectivity index is 1.69. The number of carbonyl (C=O) groups is 1. The van der Waals surface area contributed by atoms with Crippen molar-refractivity contribution in [3.05, 3.63) is 0 Å². The Morgan fingerprint density at radius 3 is 2.54 bits per heavy atom. The summed E-state index contributed by atoms with van der Waals surface area (Å²) >= 11 is 0. The average molecular weight is 398 g/mol. The van der Waals surface area contributed by atoms with Gasteiger partial charge in [0.05, 0.1) is 19.3 Å². The second-order valence-corrected chi connectivity index (χ2v) is 9.16. The van der Waals surface area contributed by atoms with Crippen LogP contribution in [-0.2, 0) is 9.53 Å². The zero-order chi connectivity index (χ0) is 20.4. The van der Waals surface area contributed by atoms with Crippen molar-refractivity contribution in [1.29, 1.82) is 0 Å². The van der Waals surface area contributed by atoms with E-state index in [-0.39, 0.29) is 23.8 Å².